The van der Waals surface area contributed by atoms with Gasteiger partial charge in [0.05, 0.1) is 34.1 Å². The molecule has 2 aliphatic heterocycles. The molecule has 268 valence electrons. The van der Waals surface area contributed by atoms with E-state index in [0.717, 1.165) is 34.0 Å². The number of alkyl halides is 3. The molecule has 0 aliphatic carbocycles. The van der Waals surface area contributed by atoms with Crippen molar-refractivity contribution in [1.82, 2.24) is 34.0 Å². The van der Waals surface area contributed by atoms with E-state index < -0.39 is 35.7 Å². The monoisotopic (exact) mass is 734 g/mol. The molecule has 2 N–H and O–H groups in total. The number of carbonyl (C=O) groups excluding carboxylic acids is 2. The highest BCUT2D eigenvalue weighted by Gasteiger charge is 2.32. The first-order valence-electron chi connectivity index (χ1n) is 16.3. The van der Waals surface area contributed by atoms with Gasteiger partial charge in [0.15, 0.2) is 17.3 Å². The van der Waals surface area contributed by atoms with Gasteiger partial charge in [-0.2, -0.15) is 22.7 Å². The van der Waals surface area contributed by atoms with E-state index >= 15 is 0 Å². The van der Waals surface area contributed by atoms with Crippen molar-refractivity contribution in [3.05, 3.63) is 98.0 Å². The van der Waals surface area contributed by atoms with Gasteiger partial charge in [0.2, 0.25) is 11.7 Å². The summed E-state index contributed by atoms with van der Waals surface area (Å²) in [7, 11) is 0. The van der Waals surface area contributed by atoms with Crippen LogP contribution in [0.4, 0.5) is 18.9 Å². The van der Waals surface area contributed by atoms with Crippen molar-refractivity contribution in [1.29, 1.82) is 0 Å². The van der Waals surface area contributed by atoms with Crippen LogP contribution >= 0.6 is 11.6 Å². The first-order valence-corrected chi connectivity index (χ1v) is 16.7. The Balaban J connectivity index is 1.29. The van der Waals surface area contributed by atoms with Crippen LogP contribution in [0.5, 0.6) is 11.5 Å². The Kier molecular flexibility index (Phi) is 8.94. The number of aryl methyl sites for hydroxylation is 1. The van der Waals surface area contributed by atoms with Gasteiger partial charge in [-0.1, -0.05) is 24.6 Å². The minimum Gasteiger partial charge on any atom is -0.504 e. The maximum Gasteiger partial charge on any atom is 0.416 e. The van der Waals surface area contributed by atoms with E-state index in [1.807, 2.05) is 19.1 Å². The van der Waals surface area contributed by atoms with Crippen LogP contribution in [0.15, 0.2) is 53.6 Å². The third-order valence-electron chi connectivity index (χ3n) is 9.03. The average molecular weight is 735 g/mol. The molecule has 7 rings (SSSR count). The first kappa shape index (κ1) is 34.7. The van der Waals surface area contributed by atoms with E-state index in [1.54, 1.807) is 23.6 Å². The van der Waals surface area contributed by atoms with Crippen molar-refractivity contribution in [2.45, 2.75) is 45.8 Å². The number of aromatic nitrogens is 6. The predicted molar refractivity (Wildman–Crippen MR) is 183 cm³/mol. The van der Waals surface area contributed by atoms with E-state index in [0.29, 0.717) is 29.9 Å². The molecule has 0 atom stereocenters. The lowest BCUT2D eigenvalue weighted by atomic mass is 9.97. The SMILES string of the molecule is CCc1c(C2=CCN(C(=O)c3ncnc(C)c3O)CC2)c(=O)n2nc(-c3ccc4c(c3)CCO4)nc2n1CC(=O)Nc1ccc(C(F)(F)F)cc1Cl. The number of anilines is 1. The molecule has 0 fully saturated rings. The summed E-state index contributed by atoms with van der Waals surface area (Å²) in [5, 5.41) is 17.2. The van der Waals surface area contributed by atoms with Gasteiger partial charge in [0.25, 0.3) is 11.5 Å². The molecule has 52 heavy (non-hydrogen) atoms. The number of hydrogen-bond acceptors (Lipinski definition) is 9. The summed E-state index contributed by atoms with van der Waals surface area (Å²) in [6.45, 7) is 3.82. The number of nitrogens with zero attached hydrogens (tertiary/aromatic N) is 7. The lowest BCUT2D eigenvalue weighted by molar-refractivity contribution is -0.137. The molecule has 0 saturated heterocycles. The molecule has 13 nitrogen and oxygen atoms in total. The number of aromatic hydroxyl groups is 1. The van der Waals surface area contributed by atoms with Crippen LogP contribution in [0, 0.1) is 6.92 Å². The second-order valence-electron chi connectivity index (χ2n) is 12.3. The molecule has 0 radical (unpaired) electrons. The van der Waals surface area contributed by atoms with Crippen molar-refractivity contribution in [2.24, 2.45) is 0 Å². The molecular formula is C35H30ClF3N8O5. The maximum absolute atomic E-state index is 14.3. The van der Waals surface area contributed by atoms with Gasteiger partial charge in [-0.05, 0) is 67.3 Å². The summed E-state index contributed by atoms with van der Waals surface area (Å²) in [6, 6.07) is 8.10. The lowest BCUT2D eigenvalue weighted by Gasteiger charge is -2.27. The molecule has 0 spiro atoms. The number of amides is 2. The fourth-order valence-electron chi connectivity index (χ4n) is 6.38. The van der Waals surface area contributed by atoms with Gasteiger partial charge < -0.3 is 24.6 Å². The quantitative estimate of drug-likeness (QED) is 0.232. The molecule has 0 saturated carbocycles. The van der Waals surface area contributed by atoms with Crippen LogP contribution in [0.25, 0.3) is 22.7 Å². The Labute approximate surface area is 298 Å². The standard InChI is InChI=1S/C35H30ClF3N8O5/c1-3-25-28(19-8-11-45(12-9-19)33(51)29-30(49)18(2)40-17-41-29)32(50)47-34(43-31(44-47)21-4-7-26-20(14-21)10-13-52-26)46(25)16-27(48)42-24-6-5-22(15-23(24)36)35(37,38)39/h4-8,14-15,17,49H,3,9-13,16H2,1-2H3,(H,42,48). The topological polar surface area (TPSA) is 157 Å². The second kappa shape index (κ2) is 13.4. The normalized spacial score (nSPS) is 14.3. The number of benzene rings is 2. The summed E-state index contributed by atoms with van der Waals surface area (Å²) in [5.74, 6) is -0.377. The van der Waals surface area contributed by atoms with Crippen LogP contribution in [0.1, 0.15) is 51.9 Å². The van der Waals surface area contributed by atoms with Gasteiger partial charge in [-0.15, -0.1) is 5.10 Å². The van der Waals surface area contributed by atoms with E-state index in [1.165, 1.54) is 11.2 Å². The number of ether oxygens (including phenoxy) is 1. The molecule has 2 aromatic carbocycles. The summed E-state index contributed by atoms with van der Waals surface area (Å²) in [6.07, 6.45) is -0.454. The number of carbonyl (C=O) groups is 2. The molecule has 2 aliphatic rings. The Bertz CT molecular complexity index is 2370. The molecular weight excluding hydrogens is 705 g/mol. The van der Waals surface area contributed by atoms with Gasteiger partial charge >= 0.3 is 6.18 Å². The van der Waals surface area contributed by atoms with E-state index in [-0.39, 0.29) is 70.9 Å². The molecule has 17 heteroatoms. The van der Waals surface area contributed by atoms with Crippen LogP contribution < -0.4 is 15.6 Å². The zero-order chi connectivity index (χ0) is 36.9. The zero-order valence-corrected chi connectivity index (χ0v) is 28.5. The number of fused-ring (bicyclic) bond motifs is 2. The number of hydrogen-bond donors (Lipinski definition) is 2. The zero-order valence-electron chi connectivity index (χ0n) is 27.8. The molecule has 0 unspecified atom stereocenters. The predicted octanol–water partition coefficient (Wildman–Crippen LogP) is 5.10. The molecule has 5 heterocycles. The van der Waals surface area contributed by atoms with Crippen LogP contribution in [-0.4, -0.2) is 70.7 Å². The van der Waals surface area contributed by atoms with Gasteiger partial charge in [0, 0.05) is 30.8 Å². The van der Waals surface area contributed by atoms with Crippen LogP contribution in [0.2, 0.25) is 5.02 Å². The van der Waals surface area contributed by atoms with Crippen molar-refractivity contribution in [2.75, 3.05) is 25.0 Å². The largest absolute Gasteiger partial charge is 0.504 e. The van der Waals surface area contributed by atoms with Gasteiger partial charge in [0.1, 0.15) is 18.6 Å². The maximum atomic E-state index is 14.3. The smallest absolute Gasteiger partial charge is 0.416 e. The Morgan fingerprint density at radius 1 is 1.12 bits per heavy atom. The molecule has 3 aromatic heterocycles. The average Bonchev–Trinajstić information content (AvgIpc) is 3.79. The Morgan fingerprint density at radius 2 is 1.92 bits per heavy atom. The lowest BCUT2D eigenvalue weighted by Crippen LogP contribution is -2.37. The van der Waals surface area contributed by atoms with Crippen molar-refractivity contribution in [3.8, 4) is 22.9 Å². The first-order chi connectivity index (χ1) is 24.8. The highest BCUT2D eigenvalue weighted by molar-refractivity contribution is 6.33. The van der Waals surface area contributed by atoms with E-state index in [4.69, 9.17) is 21.3 Å². The van der Waals surface area contributed by atoms with E-state index in [9.17, 15) is 32.7 Å². The molecule has 2 amide bonds. The summed E-state index contributed by atoms with van der Waals surface area (Å²) in [4.78, 5) is 55.1. The van der Waals surface area contributed by atoms with Crippen molar-refractivity contribution in [3.63, 3.8) is 0 Å². The summed E-state index contributed by atoms with van der Waals surface area (Å²) < 4.78 is 48.0. The van der Waals surface area contributed by atoms with Gasteiger partial charge in [-0.3, -0.25) is 14.4 Å². The van der Waals surface area contributed by atoms with Crippen LogP contribution in [0.3, 0.4) is 0 Å². The highest BCUT2D eigenvalue weighted by atomic mass is 35.5. The summed E-state index contributed by atoms with van der Waals surface area (Å²) >= 11 is 6.13. The van der Waals surface area contributed by atoms with E-state index in [2.05, 4.69) is 20.4 Å². The third-order valence-corrected chi connectivity index (χ3v) is 9.34. The minimum atomic E-state index is -4.62. The Morgan fingerprint density at radius 3 is 2.63 bits per heavy atom. The van der Waals surface area contributed by atoms with Gasteiger partial charge in [-0.25, -0.2) is 9.97 Å². The molecule has 5 aromatic rings. The van der Waals surface area contributed by atoms with Crippen molar-refractivity contribution < 1.29 is 32.6 Å². The summed E-state index contributed by atoms with van der Waals surface area (Å²) in [5.41, 5.74) is 1.62. The number of halogens is 4. The highest BCUT2D eigenvalue weighted by Crippen LogP contribution is 2.34. The molecule has 0 bridgehead atoms. The fraction of sp³-hybridized carbons (Fsp3) is 0.286. The fourth-order valence-corrected chi connectivity index (χ4v) is 6.61. The van der Waals surface area contributed by atoms with Crippen molar-refractivity contribution >= 4 is 40.5 Å². The third kappa shape index (κ3) is 6.33. The second-order valence-corrected chi connectivity index (χ2v) is 12.7. The number of rotatable bonds is 7. The number of nitrogens with one attached hydrogen (secondary N) is 1. The minimum absolute atomic E-state index is 0.0258. The van der Waals surface area contributed by atoms with Crippen LogP contribution in [-0.2, 0) is 30.4 Å². The Hall–Kier alpha value is -5.77.